The van der Waals surface area contributed by atoms with Crippen molar-refractivity contribution in [3.05, 3.63) is 87.5 Å². The molecule has 0 saturated carbocycles. The molecule has 0 aliphatic carbocycles. The average molecular weight is 469 g/mol. The van der Waals surface area contributed by atoms with Gasteiger partial charge < -0.3 is 14.8 Å². The number of carboxylic acid groups (broad SMARTS) is 1. The molecule has 1 atom stereocenters. The van der Waals surface area contributed by atoms with Crippen LogP contribution >= 0.6 is 0 Å². The molecule has 2 N–H and O–H groups in total. The zero-order valence-corrected chi connectivity index (χ0v) is 19.8. The summed E-state index contributed by atoms with van der Waals surface area (Å²) in [6, 6.07) is 14.1. The summed E-state index contributed by atoms with van der Waals surface area (Å²) in [6.45, 7) is 5.55. The molecule has 2 aromatic carbocycles. The summed E-state index contributed by atoms with van der Waals surface area (Å²) in [5.74, 6) is -0.661. The van der Waals surface area contributed by atoms with E-state index in [4.69, 9.17) is 4.42 Å². The first-order chi connectivity index (χ1) is 16.7. The predicted octanol–water partition coefficient (Wildman–Crippen LogP) is 5.23. The minimum Gasteiger partial charge on any atom is -0.476 e. The minimum absolute atomic E-state index is 0.0549. The van der Waals surface area contributed by atoms with Crippen LogP contribution in [0.5, 0.6) is 0 Å². The van der Waals surface area contributed by atoms with E-state index >= 15 is 0 Å². The molecule has 176 valence electrons. The number of fused-ring (bicyclic) bond motifs is 2. The number of nitrogens with zero attached hydrogens (tertiary/aromatic N) is 3. The van der Waals surface area contributed by atoms with Gasteiger partial charge in [-0.05, 0) is 62.7 Å². The maximum atomic E-state index is 13.1. The standard InChI is InChI=1S/C27H24N4O4/c1-14-9-19(16(3)29-22-7-5-15(2)28-25(22)27(33)34)26-20(10-14)23(32)12-24(35-26)17-6-8-21-18(11-17)13-31(4)30-21/h5-13,16,29H,1-4H3,(H,33,34)/t16-/m1/s1. The number of carboxylic acids is 1. The van der Waals surface area contributed by atoms with Crippen molar-refractivity contribution < 1.29 is 14.3 Å². The van der Waals surface area contributed by atoms with Crippen LogP contribution in [-0.4, -0.2) is 25.8 Å². The van der Waals surface area contributed by atoms with Gasteiger partial charge in [-0.2, -0.15) is 5.10 Å². The fraction of sp³-hybridized carbons (Fsp3) is 0.185. The fourth-order valence-electron chi connectivity index (χ4n) is 4.35. The number of aromatic nitrogens is 3. The molecule has 0 fully saturated rings. The number of nitrogens with one attached hydrogen (secondary N) is 1. The van der Waals surface area contributed by atoms with E-state index in [1.807, 2.05) is 57.4 Å². The first kappa shape index (κ1) is 22.3. The van der Waals surface area contributed by atoms with Crippen molar-refractivity contribution in [2.75, 3.05) is 5.32 Å². The fourth-order valence-corrected chi connectivity index (χ4v) is 4.35. The maximum Gasteiger partial charge on any atom is 0.356 e. The van der Waals surface area contributed by atoms with Crippen LogP contribution in [0.1, 0.15) is 40.3 Å². The molecule has 0 amide bonds. The summed E-state index contributed by atoms with van der Waals surface area (Å²) in [4.78, 5) is 29.0. The normalized spacial score (nSPS) is 12.2. The van der Waals surface area contributed by atoms with Gasteiger partial charge in [-0.15, -0.1) is 0 Å². The number of anilines is 1. The third kappa shape index (κ3) is 4.14. The molecule has 0 unspecified atom stereocenters. The van der Waals surface area contributed by atoms with E-state index in [1.165, 1.54) is 6.07 Å². The quantitative estimate of drug-likeness (QED) is 0.363. The van der Waals surface area contributed by atoms with Gasteiger partial charge in [0.15, 0.2) is 11.1 Å². The highest BCUT2D eigenvalue weighted by Gasteiger charge is 2.19. The summed E-state index contributed by atoms with van der Waals surface area (Å²) in [6.07, 6.45) is 1.91. The Kier molecular flexibility index (Phi) is 5.36. The third-order valence-corrected chi connectivity index (χ3v) is 5.98. The summed E-state index contributed by atoms with van der Waals surface area (Å²) >= 11 is 0. The van der Waals surface area contributed by atoms with Gasteiger partial charge in [-0.25, -0.2) is 9.78 Å². The SMILES string of the molecule is Cc1cc([C@@H](C)Nc2ccc(C)nc2C(=O)O)c2oc(-c3ccc4nn(C)cc4c3)cc(=O)c2c1. The Balaban J connectivity index is 1.63. The zero-order valence-electron chi connectivity index (χ0n) is 19.8. The highest BCUT2D eigenvalue weighted by molar-refractivity contribution is 5.92. The molecule has 5 aromatic rings. The van der Waals surface area contributed by atoms with Crippen molar-refractivity contribution in [1.29, 1.82) is 0 Å². The summed E-state index contributed by atoms with van der Waals surface area (Å²) in [5, 5.41) is 18.7. The molecule has 0 aliphatic rings. The van der Waals surface area contributed by atoms with Crippen molar-refractivity contribution >= 4 is 33.5 Å². The Morgan fingerprint density at radius 3 is 2.69 bits per heavy atom. The van der Waals surface area contributed by atoms with Crippen molar-refractivity contribution in [2.45, 2.75) is 26.8 Å². The second-order valence-corrected chi connectivity index (χ2v) is 8.80. The Labute approximate surface area is 200 Å². The first-order valence-electron chi connectivity index (χ1n) is 11.2. The molecule has 3 aromatic heterocycles. The number of aromatic carboxylic acids is 1. The predicted molar refractivity (Wildman–Crippen MR) is 135 cm³/mol. The van der Waals surface area contributed by atoms with Gasteiger partial charge >= 0.3 is 5.97 Å². The number of benzene rings is 2. The highest BCUT2D eigenvalue weighted by atomic mass is 16.4. The lowest BCUT2D eigenvalue weighted by molar-refractivity contribution is 0.0691. The van der Waals surface area contributed by atoms with Crippen LogP contribution in [0.4, 0.5) is 5.69 Å². The average Bonchev–Trinajstić information content (AvgIpc) is 3.19. The van der Waals surface area contributed by atoms with E-state index in [-0.39, 0.29) is 17.2 Å². The van der Waals surface area contributed by atoms with Gasteiger partial charge in [0.2, 0.25) is 0 Å². The van der Waals surface area contributed by atoms with E-state index in [2.05, 4.69) is 15.4 Å². The van der Waals surface area contributed by atoms with Gasteiger partial charge in [0.05, 0.1) is 22.6 Å². The molecule has 35 heavy (non-hydrogen) atoms. The second-order valence-electron chi connectivity index (χ2n) is 8.80. The lowest BCUT2D eigenvalue weighted by Crippen LogP contribution is -2.14. The summed E-state index contributed by atoms with van der Waals surface area (Å²) < 4.78 is 8.07. The molecular weight excluding hydrogens is 444 g/mol. The molecule has 5 rings (SSSR count). The van der Waals surface area contributed by atoms with E-state index < -0.39 is 5.97 Å². The van der Waals surface area contributed by atoms with E-state index in [0.717, 1.165) is 27.6 Å². The minimum atomic E-state index is -1.11. The van der Waals surface area contributed by atoms with E-state index in [9.17, 15) is 14.7 Å². The largest absolute Gasteiger partial charge is 0.476 e. The van der Waals surface area contributed by atoms with Crippen LogP contribution < -0.4 is 10.7 Å². The smallest absolute Gasteiger partial charge is 0.356 e. The number of hydrogen-bond donors (Lipinski definition) is 2. The Morgan fingerprint density at radius 2 is 1.91 bits per heavy atom. The van der Waals surface area contributed by atoms with Crippen LogP contribution in [0.2, 0.25) is 0 Å². The number of hydrogen-bond acceptors (Lipinski definition) is 6. The lowest BCUT2D eigenvalue weighted by Gasteiger charge is -2.19. The number of carbonyl (C=O) groups is 1. The zero-order chi connectivity index (χ0) is 24.9. The summed E-state index contributed by atoms with van der Waals surface area (Å²) in [5.41, 5.74) is 4.54. The van der Waals surface area contributed by atoms with Crippen molar-refractivity contribution in [3.63, 3.8) is 0 Å². The number of aryl methyl sites for hydroxylation is 3. The van der Waals surface area contributed by atoms with Gasteiger partial charge in [0.1, 0.15) is 11.3 Å². The molecule has 0 bridgehead atoms. The number of rotatable bonds is 5. The highest BCUT2D eigenvalue weighted by Crippen LogP contribution is 2.32. The van der Waals surface area contributed by atoms with Crippen LogP contribution in [0.25, 0.3) is 33.2 Å². The van der Waals surface area contributed by atoms with E-state index in [1.54, 1.807) is 23.7 Å². The van der Waals surface area contributed by atoms with Gasteiger partial charge in [-0.3, -0.25) is 9.48 Å². The van der Waals surface area contributed by atoms with Crippen molar-refractivity contribution in [2.24, 2.45) is 7.05 Å². The topological polar surface area (TPSA) is 110 Å². The molecule has 0 saturated heterocycles. The molecule has 0 aliphatic heterocycles. The van der Waals surface area contributed by atoms with Crippen LogP contribution in [0.3, 0.4) is 0 Å². The molecular formula is C27H24N4O4. The lowest BCUT2D eigenvalue weighted by atomic mass is 10.00. The Bertz CT molecular complexity index is 1680. The molecule has 8 heteroatoms. The second kappa shape index (κ2) is 8.39. The number of pyridine rings is 1. The Hall–Kier alpha value is -4.46. The van der Waals surface area contributed by atoms with Crippen molar-refractivity contribution in [1.82, 2.24) is 14.8 Å². The Morgan fingerprint density at radius 1 is 1.11 bits per heavy atom. The van der Waals surface area contributed by atoms with Crippen LogP contribution in [0.15, 0.2) is 63.9 Å². The molecule has 0 radical (unpaired) electrons. The molecule has 3 heterocycles. The van der Waals surface area contributed by atoms with Gasteiger partial charge in [0, 0.05) is 41.5 Å². The first-order valence-corrected chi connectivity index (χ1v) is 11.2. The monoisotopic (exact) mass is 468 g/mol. The molecule has 0 spiro atoms. The maximum absolute atomic E-state index is 13.1. The van der Waals surface area contributed by atoms with E-state index in [0.29, 0.717) is 28.1 Å². The third-order valence-electron chi connectivity index (χ3n) is 5.98. The van der Waals surface area contributed by atoms with Gasteiger partial charge in [0.25, 0.3) is 0 Å². The van der Waals surface area contributed by atoms with Crippen LogP contribution in [-0.2, 0) is 7.05 Å². The van der Waals surface area contributed by atoms with Gasteiger partial charge in [-0.1, -0.05) is 6.07 Å². The van der Waals surface area contributed by atoms with Crippen LogP contribution in [0, 0.1) is 13.8 Å². The molecule has 8 nitrogen and oxygen atoms in total. The summed E-state index contributed by atoms with van der Waals surface area (Å²) in [7, 11) is 1.86. The van der Waals surface area contributed by atoms with Crippen molar-refractivity contribution in [3.8, 4) is 11.3 Å².